The zero-order valence-corrected chi connectivity index (χ0v) is 17.9. The van der Waals surface area contributed by atoms with Crippen LogP contribution in [0, 0.1) is 5.92 Å². The van der Waals surface area contributed by atoms with Gasteiger partial charge in [0, 0.05) is 17.8 Å². The van der Waals surface area contributed by atoms with Crippen LogP contribution in [0.25, 0.3) is 0 Å². The number of anilines is 1. The number of carbonyl (C=O) groups excluding carboxylic acids is 1. The summed E-state index contributed by atoms with van der Waals surface area (Å²) in [5.74, 6) is 1.10. The molecule has 1 aliphatic rings. The average molecular weight is 447 g/mol. The van der Waals surface area contributed by atoms with Crippen LogP contribution in [0.2, 0.25) is 0 Å². The Morgan fingerprint density at radius 2 is 2.07 bits per heavy atom. The molecular formula is C21H23BrN2O2S. The summed E-state index contributed by atoms with van der Waals surface area (Å²) >= 11 is 8.95. The fraction of sp³-hybridized carbons (Fsp3) is 0.333. The molecule has 0 radical (unpaired) electrons. The number of rotatable bonds is 5. The van der Waals surface area contributed by atoms with Crippen LogP contribution in [-0.4, -0.2) is 24.2 Å². The van der Waals surface area contributed by atoms with E-state index in [1.54, 1.807) is 12.1 Å². The molecule has 1 aliphatic heterocycles. The second-order valence-electron chi connectivity index (χ2n) is 6.97. The summed E-state index contributed by atoms with van der Waals surface area (Å²) in [5, 5.41) is 3.27. The van der Waals surface area contributed by atoms with E-state index in [1.165, 1.54) is 5.56 Å². The molecule has 0 spiro atoms. The van der Waals surface area contributed by atoms with Crippen LogP contribution in [0.4, 0.5) is 5.69 Å². The van der Waals surface area contributed by atoms with E-state index < -0.39 is 0 Å². The highest BCUT2D eigenvalue weighted by Crippen LogP contribution is 2.28. The van der Waals surface area contributed by atoms with Gasteiger partial charge in [0.05, 0.1) is 11.1 Å². The fourth-order valence-corrected chi connectivity index (χ4v) is 3.73. The van der Waals surface area contributed by atoms with Crippen LogP contribution in [0.1, 0.15) is 36.2 Å². The number of hydrogen-bond acceptors (Lipinski definition) is 3. The first-order valence-electron chi connectivity index (χ1n) is 9.09. The number of benzene rings is 2. The second-order valence-corrected chi connectivity index (χ2v) is 8.21. The molecule has 2 aromatic carbocycles. The molecule has 2 aromatic rings. The van der Waals surface area contributed by atoms with Crippen molar-refractivity contribution in [2.24, 2.45) is 5.92 Å². The van der Waals surface area contributed by atoms with Gasteiger partial charge in [-0.3, -0.25) is 10.1 Å². The lowest BCUT2D eigenvalue weighted by molar-refractivity contribution is 0.0977. The number of ether oxygens (including phenoxy) is 1. The Labute approximate surface area is 174 Å². The lowest BCUT2D eigenvalue weighted by Gasteiger charge is -2.20. The van der Waals surface area contributed by atoms with Gasteiger partial charge in [-0.25, -0.2) is 0 Å². The van der Waals surface area contributed by atoms with Crippen molar-refractivity contribution in [1.82, 2.24) is 5.32 Å². The molecule has 142 valence electrons. The highest BCUT2D eigenvalue weighted by molar-refractivity contribution is 9.10. The summed E-state index contributed by atoms with van der Waals surface area (Å²) in [6.45, 7) is 5.76. The normalized spacial score (nSPS) is 12.8. The predicted molar refractivity (Wildman–Crippen MR) is 117 cm³/mol. The standard InChI is InChI=1S/C21H23BrN2O2S/c1-14(2)10-12-26-19-8-7-16(13-17(19)22)20(25)23-21(27)24-11-9-15-5-3-4-6-18(15)24/h3-8,13-14H,9-12H2,1-2H3,(H,23,25,27). The Balaban J connectivity index is 1.63. The van der Waals surface area contributed by atoms with Gasteiger partial charge >= 0.3 is 0 Å². The Kier molecular flexibility index (Phi) is 6.50. The SMILES string of the molecule is CC(C)CCOc1ccc(C(=O)NC(=S)N2CCc3ccccc32)cc1Br. The van der Waals surface area contributed by atoms with Crippen molar-refractivity contribution in [3.05, 3.63) is 58.1 Å². The molecule has 27 heavy (non-hydrogen) atoms. The first-order valence-corrected chi connectivity index (χ1v) is 10.3. The van der Waals surface area contributed by atoms with Crippen LogP contribution in [0.5, 0.6) is 5.75 Å². The number of amides is 1. The maximum atomic E-state index is 12.6. The molecule has 0 atom stereocenters. The number of nitrogens with one attached hydrogen (secondary N) is 1. The quantitative estimate of drug-likeness (QED) is 0.659. The van der Waals surface area contributed by atoms with Gasteiger partial charge in [-0.05, 0) is 76.7 Å². The first-order chi connectivity index (χ1) is 13.0. The zero-order chi connectivity index (χ0) is 19.4. The van der Waals surface area contributed by atoms with E-state index in [2.05, 4.69) is 41.2 Å². The van der Waals surface area contributed by atoms with Crippen molar-refractivity contribution in [3.63, 3.8) is 0 Å². The van der Waals surface area contributed by atoms with Crippen molar-refractivity contribution >= 4 is 44.9 Å². The Morgan fingerprint density at radius 1 is 1.30 bits per heavy atom. The van der Waals surface area contributed by atoms with E-state index in [0.717, 1.165) is 35.3 Å². The topological polar surface area (TPSA) is 41.6 Å². The number of hydrogen-bond donors (Lipinski definition) is 1. The lowest BCUT2D eigenvalue weighted by Crippen LogP contribution is -2.41. The highest BCUT2D eigenvalue weighted by Gasteiger charge is 2.23. The molecule has 6 heteroatoms. The Hall–Kier alpha value is -1.92. The Bertz CT molecular complexity index is 854. The van der Waals surface area contributed by atoms with Crippen molar-refractivity contribution in [2.45, 2.75) is 26.7 Å². The van der Waals surface area contributed by atoms with Gasteiger partial charge in [0.15, 0.2) is 5.11 Å². The number of fused-ring (bicyclic) bond motifs is 1. The molecule has 0 fully saturated rings. The first kappa shape index (κ1) is 19.8. The number of halogens is 1. The van der Waals surface area contributed by atoms with E-state index in [-0.39, 0.29) is 5.91 Å². The van der Waals surface area contributed by atoms with Crippen molar-refractivity contribution in [1.29, 1.82) is 0 Å². The molecule has 0 saturated carbocycles. The molecule has 3 rings (SSSR count). The minimum Gasteiger partial charge on any atom is -0.492 e. The maximum Gasteiger partial charge on any atom is 0.257 e. The summed E-state index contributed by atoms with van der Waals surface area (Å²) < 4.78 is 6.53. The molecule has 4 nitrogen and oxygen atoms in total. The minimum absolute atomic E-state index is 0.223. The largest absolute Gasteiger partial charge is 0.492 e. The smallest absolute Gasteiger partial charge is 0.257 e. The third-order valence-electron chi connectivity index (χ3n) is 4.50. The van der Waals surface area contributed by atoms with Crippen LogP contribution in [-0.2, 0) is 6.42 Å². The Morgan fingerprint density at radius 3 is 2.81 bits per heavy atom. The minimum atomic E-state index is -0.223. The second kappa shape index (κ2) is 8.85. The molecule has 0 unspecified atom stereocenters. The molecule has 1 amide bonds. The van der Waals surface area contributed by atoms with Crippen molar-refractivity contribution in [2.75, 3.05) is 18.1 Å². The molecule has 0 aromatic heterocycles. The van der Waals surface area contributed by atoms with Crippen LogP contribution < -0.4 is 15.0 Å². The number of para-hydroxylation sites is 1. The van der Waals surface area contributed by atoms with Gasteiger partial charge < -0.3 is 9.64 Å². The van der Waals surface area contributed by atoms with Crippen LogP contribution >= 0.6 is 28.1 Å². The van der Waals surface area contributed by atoms with Gasteiger partial charge in [0.25, 0.3) is 5.91 Å². The van der Waals surface area contributed by atoms with Crippen molar-refractivity contribution < 1.29 is 9.53 Å². The number of carbonyl (C=O) groups is 1. The van der Waals surface area contributed by atoms with E-state index >= 15 is 0 Å². The molecule has 0 saturated heterocycles. The molecule has 0 bridgehead atoms. The van der Waals surface area contributed by atoms with E-state index in [9.17, 15) is 4.79 Å². The summed E-state index contributed by atoms with van der Waals surface area (Å²) in [6.07, 6.45) is 1.92. The molecule has 0 aliphatic carbocycles. The van der Waals surface area contributed by atoms with Gasteiger partial charge in [-0.15, -0.1) is 0 Å². The molecule has 1 N–H and O–H groups in total. The van der Waals surface area contributed by atoms with Gasteiger partial charge in [-0.2, -0.15) is 0 Å². The summed E-state index contributed by atoms with van der Waals surface area (Å²) in [6, 6.07) is 13.5. The highest BCUT2D eigenvalue weighted by atomic mass is 79.9. The van der Waals surface area contributed by atoms with Gasteiger partial charge in [-0.1, -0.05) is 32.0 Å². The van der Waals surface area contributed by atoms with E-state index in [0.29, 0.717) is 23.2 Å². The third kappa shape index (κ3) is 4.87. The zero-order valence-electron chi connectivity index (χ0n) is 15.5. The maximum absolute atomic E-state index is 12.6. The van der Waals surface area contributed by atoms with E-state index in [1.807, 2.05) is 29.2 Å². The van der Waals surface area contributed by atoms with Crippen LogP contribution in [0.3, 0.4) is 0 Å². The van der Waals surface area contributed by atoms with Crippen molar-refractivity contribution in [3.8, 4) is 5.75 Å². The van der Waals surface area contributed by atoms with Gasteiger partial charge in [0.1, 0.15) is 5.75 Å². The summed E-state index contributed by atoms with van der Waals surface area (Å²) in [4.78, 5) is 14.6. The van der Waals surface area contributed by atoms with E-state index in [4.69, 9.17) is 17.0 Å². The number of thiocarbonyl (C=S) groups is 1. The summed E-state index contributed by atoms with van der Waals surface area (Å²) in [5.41, 5.74) is 2.85. The molecular weight excluding hydrogens is 424 g/mol. The number of nitrogens with zero attached hydrogens (tertiary/aromatic N) is 1. The fourth-order valence-electron chi connectivity index (χ4n) is 2.95. The predicted octanol–water partition coefficient (Wildman–Crippen LogP) is 4.95. The summed E-state index contributed by atoms with van der Waals surface area (Å²) in [7, 11) is 0. The van der Waals surface area contributed by atoms with Gasteiger partial charge in [0.2, 0.25) is 0 Å². The lowest BCUT2D eigenvalue weighted by atomic mass is 10.1. The van der Waals surface area contributed by atoms with Crippen LogP contribution in [0.15, 0.2) is 46.9 Å². The third-order valence-corrected chi connectivity index (χ3v) is 5.44. The average Bonchev–Trinajstić information content (AvgIpc) is 3.07. The monoisotopic (exact) mass is 446 g/mol. The molecule has 1 heterocycles.